The Morgan fingerprint density at radius 1 is 1.00 bits per heavy atom. The van der Waals surface area contributed by atoms with Gasteiger partial charge < -0.3 is 15.1 Å². The van der Waals surface area contributed by atoms with E-state index in [9.17, 15) is 10.3 Å². The molecule has 2 aromatic rings. The van der Waals surface area contributed by atoms with E-state index in [0.29, 0.717) is 24.6 Å². The zero-order valence-corrected chi connectivity index (χ0v) is 14.0. The van der Waals surface area contributed by atoms with Crippen molar-refractivity contribution < 1.29 is 15.1 Å². The third kappa shape index (κ3) is 3.98. The second-order valence-electron chi connectivity index (χ2n) is 6.60. The maximum atomic E-state index is 10.6. The molecule has 0 radical (unpaired) electrons. The van der Waals surface area contributed by atoms with Crippen LogP contribution >= 0.6 is 0 Å². The highest BCUT2D eigenvalue weighted by atomic mass is 16.5. The number of benzene rings is 2. The van der Waals surface area contributed by atoms with Gasteiger partial charge in [-0.3, -0.25) is 0 Å². The molecule has 0 saturated carbocycles. The van der Waals surface area contributed by atoms with Gasteiger partial charge in [-0.15, -0.1) is 0 Å². The quantitative estimate of drug-likeness (QED) is 0.852. The lowest BCUT2D eigenvalue weighted by molar-refractivity contribution is -0.0204. The van der Waals surface area contributed by atoms with Gasteiger partial charge in [0, 0.05) is 6.54 Å². The molecule has 1 heterocycles. The Balaban J connectivity index is 1.89. The average Bonchev–Trinajstić information content (AvgIpc) is 2.60. The van der Waals surface area contributed by atoms with Crippen LogP contribution < -0.4 is 10.2 Å². The molecule has 3 rings (SSSR count). The molecule has 1 aliphatic rings. The topological polar surface area (TPSA) is 52.9 Å². The van der Waals surface area contributed by atoms with Gasteiger partial charge in [-0.25, -0.2) is 4.97 Å². The Labute approximate surface area is 143 Å². The van der Waals surface area contributed by atoms with Crippen LogP contribution in [-0.4, -0.2) is 34.7 Å². The van der Waals surface area contributed by atoms with Crippen molar-refractivity contribution in [1.82, 2.24) is 4.97 Å². The maximum Gasteiger partial charge on any atom is 0.321 e. The Hall–Kier alpha value is -1.82. The van der Waals surface area contributed by atoms with Crippen LogP contribution in [0.5, 0.6) is 11.5 Å². The van der Waals surface area contributed by atoms with Crippen LogP contribution in [0.15, 0.2) is 54.6 Å². The summed E-state index contributed by atoms with van der Waals surface area (Å²) in [6, 6.07) is 16.5. The van der Waals surface area contributed by atoms with Gasteiger partial charge in [0.05, 0.1) is 6.00 Å². The van der Waals surface area contributed by atoms with Gasteiger partial charge in [0.2, 0.25) is 0 Å². The fourth-order valence-electron chi connectivity index (χ4n) is 3.25. The predicted molar refractivity (Wildman–Crippen MR) is 95.9 cm³/mol. The zero-order chi connectivity index (χ0) is 16.9. The number of hydrogen-bond acceptors (Lipinski definition) is 4. The van der Waals surface area contributed by atoms with Crippen molar-refractivity contribution in [2.45, 2.75) is 32.2 Å². The average molecular weight is 325 g/mol. The van der Waals surface area contributed by atoms with E-state index in [1.165, 1.54) is 4.97 Å². The Bertz CT molecular complexity index is 638. The number of para-hydroxylation sites is 2. The number of rotatable bonds is 3. The third-order valence-electron chi connectivity index (χ3n) is 4.70. The van der Waals surface area contributed by atoms with Crippen molar-refractivity contribution in [3.05, 3.63) is 54.6 Å². The van der Waals surface area contributed by atoms with Crippen molar-refractivity contribution >= 4 is 12.3 Å². The van der Waals surface area contributed by atoms with Crippen LogP contribution in [0.3, 0.4) is 0 Å². The van der Waals surface area contributed by atoms with Gasteiger partial charge in [0.1, 0.15) is 11.5 Å². The molecule has 2 atom stereocenters. The summed E-state index contributed by atoms with van der Waals surface area (Å²) in [4.78, 5) is 1.27. The molecule has 0 spiro atoms. The zero-order valence-electron chi connectivity index (χ0n) is 14.0. The highest BCUT2D eigenvalue weighted by Gasteiger charge is 2.36. The summed E-state index contributed by atoms with van der Waals surface area (Å²) in [7, 11) is 0. The van der Waals surface area contributed by atoms with Gasteiger partial charge in [-0.2, -0.15) is 0 Å². The van der Waals surface area contributed by atoms with Crippen LogP contribution in [0.1, 0.15) is 26.2 Å². The van der Waals surface area contributed by atoms with E-state index >= 15 is 0 Å². The minimum absolute atomic E-state index is 0.475. The van der Waals surface area contributed by atoms with Crippen LogP contribution in [-0.2, 0) is 0 Å². The molecular weight excluding hydrogens is 301 g/mol. The molecule has 0 aromatic heterocycles. The van der Waals surface area contributed by atoms with Crippen molar-refractivity contribution in [2.24, 2.45) is 5.92 Å². The van der Waals surface area contributed by atoms with Gasteiger partial charge in [-0.05, 0) is 48.8 Å². The number of ether oxygens (including phenoxy) is 1. The molecule has 2 unspecified atom stereocenters. The third-order valence-corrected chi connectivity index (χ3v) is 4.70. The SMILES string of the molecule is CC1CCC(O)B(c2ccccc2Oc2ccccc2)N(O)CC1. The van der Waals surface area contributed by atoms with Gasteiger partial charge in [0.25, 0.3) is 0 Å². The molecule has 1 saturated heterocycles. The van der Waals surface area contributed by atoms with Crippen LogP contribution in [0.2, 0.25) is 0 Å². The molecule has 0 amide bonds. The summed E-state index contributed by atoms with van der Waals surface area (Å²) < 4.78 is 6.00. The number of hydrogen-bond donors (Lipinski definition) is 2. The molecule has 0 aliphatic carbocycles. The summed E-state index contributed by atoms with van der Waals surface area (Å²) in [5, 5.41) is 21.2. The molecule has 4 nitrogen and oxygen atoms in total. The first-order valence-electron chi connectivity index (χ1n) is 8.60. The van der Waals surface area contributed by atoms with Crippen LogP contribution in [0, 0.1) is 5.92 Å². The fourth-order valence-corrected chi connectivity index (χ4v) is 3.25. The first-order chi connectivity index (χ1) is 11.6. The Morgan fingerprint density at radius 2 is 1.71 bits per heavy atom. The predicted octanol–water partition coefficient (Wildman–Crippen LogP) is 3.09. The second-order valence-corrected chi connectivity index (χ2v) is 6.60. The Morgan fingerprint density at radius 3 is 2.50 bits per heavy atom. The summed E-state index contributed by atoms with van der Waals surface area (Å²) in [6.45, 7) is 2.23. The highest BCUT2D eigenvalue weighted by molar-refractivity contribution is 6.72. The summed E-state index contributed by atoms with van der Waals surface area (Å²) >= 11 is 0. The smallest absolute Gasteiger partial charge is 0.321 e. The van der Waals surface area contributed by atoms with Crippen LogP contribution in [0.4, 0.5) is 0 Å². The molecule has 5 heteroatoms. The number of nitrogens with zero attached hydrogens (tertiary/aromatic N) is 1. The molecule has 2 N–H and O–H groups in total. The minimum atomic E-state index is -0.627. The summed E-state index contributed by atoms with van der Waals surface area (Å²) in [5.74, 6) is 1.91. The first kappa shape index (κ1) is 17.0. The van der Waals surface area contributed by atoms with Gasteiger partial charge in [0.15, 0.2) is 0 Å². The molecule has 2 aromatic carbocycles. The van der Waals surface area contributed by atoms with E-state index < -0.39 is 12.9 Å². The molecule has 24 heavy (non-hydrogen) atoms. The second kappa shape index (κ2) is 7.84. The van der Waals surface area contributed by atoms with Gasteiger partial charge in [-0.1, -0.05) is 43.3 Å². The van der Waals surface area contributed by atoms with E-state index in [1.807, 2.05) is 54.6 Å². The van der Waals surface area contributed by atoms with E-state index in [1.54, 1.807) is 0 Å². The maximum absolute atomic E-state index is 10.6. The Kier molecular flexibility index (Phi) is 5.56. The van der Waals surface area contributed by atoms with E-state index in [4.69, 9.17) is 4.74 Å². The number of aliphatic hydroxyl groups excluding tert-OH is 1. The van der Waals surface area contributed by atoms with Crippen LogP contribution in [0.25, 0.3) is 0 Å². The standard InChI is InChI=1S/C19H24BNO3/c1-15-11-12-19(22)20(21(23)14-13-15)17-9-5-6-10-18(17)24-16-7-3-2-4-8-16/h2-10,15,19,22-23H,11-14H2,1H3. The molecule has 1 aliphatic heterocycles. The minimum Gasteiger partial charge on any atom is -0.458 e. The molecule has 0 bridgehead atoms. The fraction of sp³-hybridized carbons (Fsp3) is 0.368. The van der Waals surface area contributed by atoms with E-state index in [2.05, 4.69) is 6.92 Å². The summed E-state index contributed by atoms with van der Waals surface area (Å²) in [5.41, 5.74) is 0.811. The number of hydroxylamine groups is 1. The number of aliphatic hydroxyl groups is 1. The highest BCUT2D eigenvalue weighted by Crippen LogP contribution is 2.23. The lowest BCUT2D eigenvalue weighted by Crippen LogP contribution is -2.56. The van der Waals surface area contributed by atoms with Gasteiger partial charge >= 0.3 is 6.85 Å². The van der Waals surface area contributed by atoms with Crippen molar-refractivity contribution in [3.8, 4) is 11.5 Å². The lowest BCUT2D eigenvalue weighted by Gasteiger charge is -2.32. The monoisotopic (exact) mass is 325 g/mol. The molecular formula is C19H24BNO3. The van der Waals surface area contributed by atoms with E-state index in [0.717, 1.165) is 24.1 Å². The molecule has 126 valence electrons. The molecule has 1 fully saturated rings. The first-order valence-corrected chi connectivity index (χ1v) is 8.60. The van der Waals surface area contributed by atoms with Crippen molar-refractivity contribution in [2.75, 3.05) is 6.54 Å². The van der Waals surface area contributed by atoms with Crippen molar-refractivity contribution in [3.63, 3.8) is 0 Å². The lowest BCUT2D eigenvalue weighted by atomic mass is 9.49. The summed E-state index contributed by atoms with van der Waals surface area (Å²) in [6.07, 6.45) is 2.55. The van der Waals surface area contributed by atoms with E-state index in [-0.39, 0.29) is 0 Å². The van der Waals surface area contributed by atoms with Crippen molar-refractivity contribution in [1.29, 1.82) is 0 Å². The largest absolute Gasteiger partial charge is 0.458 e. The normalized spacial score (nSPS) is 22.7.